The second-order valence-corrected chi connectivity index (χ2v) is 3.48. The second-order valence-electron chi connectivity index (χ2n) is 3.16. The maximum absolute atomic E-state index is 11.2. The Morgan fingerprint density at radius 2 is 1.17 bits per heavy atom. The van der Waals surface area contributed by atoms with Gasteiger partial charge in [-0.1, -0.05) is 0 Å². The number of carbonyl (C=O) groups is 4. The summed E-state index contributed by atoms with van der Waals surface area (Å²) >= 11 is 3.71. The zero-order chi connectivity index (χ0) is 14.0. The van der Waals surface area contributed by atoms with Crippen molar-refractivity contribution < 1.29 is 19.2 Å². The number of hydrogen-bond donors (Lipinski definition) is 5. The van der Waals surface area contributed by atoms with E-state index in [9.17, 15) is 19.2 Å². The molecule has 0 saturated carbocycles. The molecule has 8 nitrogen and oxygen atoms in total. The number of carbonyl (C=O) groups excluding carboxylic acids is 4. The van der Waals surface area contributed by atoms with Crippen LogP contribution in [0.2, 0.25) is 0 Å². The van der Waals surface area contributed by atoms with Crippen LogP contribution in [0.4, 0.5) is 0 Å². The molecule has 0 aliphatic carbocycles. The largest absolute Gasteiger partial charge is 0.358 e. The first kappa shape index (κ1) is 16.2. The number of rotatable bonds is 7. The Balaban J connectivity index is 3.68. The fourth-order valence-electron chi connectivity index (χ4n) is 0.806. The number of thiol groups is 1. The Morgan fingerprint density at radius 3 is 1.56 bits per heavy atom. The van der Waals surface area contributed by atoms with E-state index < -0.39 is 11.8 Å². The van der Waals surface area contributed by atoms with Gasteiger partial charge in [-0.05, 0) is 0 Å². The highest BCUT2D eigenvalue weighted by molar-refractivity contribution is 7.81. The van der Waals surface area contributed by atoms with Gasteiger partial charge in [-0.15, -0.1) is 0 Å². The lowest BCUT2D eigenvalue weighted by Crippen LogP contribution is -2.44. The van der Waals surface area contributed by atoms with E-state index in [2.05, 4.69) is 33.9 Å². The average Bonchev–Trinajstić information content (AvgIpc) is 2.39. The van der Waals surface area contributed by atoms with Gasteiger partial charge in [0.2, 0.25) is 23.6 Å². The van der Waals surface area contributed by atoms with E-state index in [0.29, 0.717) is 0 Å². The standard InChI is InChI=1S/C9H16N4O4S/c1-10-6(14)2-11-7(15)3-12-8(16)4-13-9(17)5-18/h18H,2-5H2,1H3,(H,10,14)(H,11,15)(H,12,16)(H,13,17). The van der Waals surface area contributed by atoms with E-state index in [1.165, 1.54) is 7.05 Å². The number of nitrogens with one attached hydrogen (secondary N) is 4. The average molecular weight is 276 g/mol. The first-order valence-electron chi connectivity index (χ1n) is 5.11. The predicted molar refractivity (Wildman–Crippen MR) is 66.9 cm³/mol. The SMILES string of the molecule is CNC(=O)CNC(=O)CNC(=O)CNC(=O)CS. The first-order chi connectivity index (χ1) is 8.49. The highest BCUT2D eigenvalue weighted by Gasteiger charge is 2.07. The van der Waals surface area contributed by atoms with E-state index in [-0.39, 0.29) is 37.2 Å². The Bertz CT molecular complexity index is 303. The molecule has 0 spiro atoms. The van der Waals surface area contributed by atoms with Crippen molar-refractivity contribution in [2.24, 2.45) is 0 Å². The van der Waals surface area contributed by atoms with Crippen LogP contribution in [0.25, 0.3) is 0 Å². The molecule has 0 atom stereocenters. The van der Waals surface area contributed by atoms with Crippen LogP contribution in [0.15, 0.2) is 0 Å². The predicted octanol–water partition coefficient (Wildman–Crippen LogP) is -2.99. The normalized spacial score (nSPS) is 9.22. The molecule has 0 aromatic carbocycles. The quantitative estimate of drug-likeness (QED) is 0.319. The Hall–Kier alpha value is -1.77. The summed E-state index contributed by atoms with van der Waals surface area (Å²) in [6, 6.07) is 0. The van der Waals surface area contributed by atoms with Crippen LogP contribution in [0.3, 0.4) is 0 Å². The van der Waals surface area contributed by atoms with E-state index in [4.69, 9.17) is 0 Å². The van der Waals surface area contributed by atoms with Crippen molar-refractivity contribution in [1.82, 2.24) is 21.3 Å². The van der Waals surface area contributed by atoms with Crippen molar-refractivity contribution in [3.63, 3.8) is 0 Å². The minimum absolute atomic E-state index is 0.0140. The minimum atomic E-state index is -0.500. The lowest BCUT2D eigenvalue weighted by Gasteiger charge is -2.06. The zero-order valence-corrected chi connectivity index (χ0v) is 10.8. The topological polar surface area (TPSA) is 116 Å². The van der Waals surface area contributed by atoms with Crippen molar-refractivity contribution in [2.75, 3.05) is 32.4 Å². The number of amides is 4. The van der Waals surface area contributed by atoms with Crippen molar-refractivity contribution in [2.45, 2.75) is 0 Å². The molecule has 0 saturated heterocycles. The maximum atomic E-state index is 11.2. The fourth-order valence-corrected chi connectivity index (χ4v) is 0.918. The summed E-state index contributed by atoms with van der Waals surface area (Å²) in [5.74, 6) is -1.72. The number of likely N-dealkylation sites (N-methyl/N-ethyl adjacent to an activating group) is 1. The molecule has 0 heterocycles. The Labute approximate surface area is 110 Å². The monoisotopic (exact) mass is 276 g/mol. The van der Waals surface area contributed by atoms with Gasteiger partial charge < -0.3 is 21.3 Å². The summed E-state index contributed by atoms with van der Waals surface area (Å²) < 4.78 is 0. The lowest BCUT2D eigenvalue weighted by atomic mass is 10.5. The summed E-state index contributed by atoms with van der Waals surface area (Å²) in [6.45, 7) is -0.629. The molecule has 0 aliphatic heterocycles. The molecule has 102 valence electrons. The third-order valence-corrected chi connectivity index (χ3v) is 2.05. The summed E-state index contributed by atoms with van der Waals surface area (Å²) in [5, 5.41) is 9.20. The zero-order valence-electron chi connectivity index (χ0n) is 9.91. The molecule has 0 aromatic heterocycles. The number of hydrogen-bond acceptors (Lipinski definition) is 5. The smallest absolute Gasteiger partial charge is 0.239 e. The summed E-state index contributed by atoms with van der Waals surface area (Å²) in [5.41, 5.74) is 0. The van der Waals surface area contributed by atoms with Crippen LogP contribution in [0.1, 0.15) is 0 Å². The lowest BCUT2D eigenvalue weighted by molar-refractivity contribution is -0.128. The van der Waals surface area contributed by atoms with E-state index in [0.717, 1.165) is 0 Å². The highest BCUT2D eigenvalue weighted by atomic mass is 32.1. The fraction of sp³-hybridized carbons (Fsp3) is 0.556. The van der Waals surface area contributed by atoms with Crippen molar-refractivity contribution in [3.05, 3.63) is 0 Å². The van der Waals surface area contributed by atoms with Gasteiger partial charge >= 0.3 is 0 Å². The Morgan fingerprint density at radius 1 is 0.778 bits per heavy atom. The van der Waals surface area contributed by atoms with Crippen LogP contribution in [-0.2, 0) is 19.2 Å². The molecular formula is C9H16N4O4S. The van der Waals surface area contributed by atoms with Gasteiger partial charge in [0.15, 0.2) is 0 Å². The molecule has 0 bridgehead atoms. The molecule has 0 fully saturated rings. The van der Waals surface area contributed by atoms with Crippen LogP contribution >= 0.6 is 12.6 Å². The molecule has 4 amide bonds. The van der Waals surface area contributed by atoms with E-state index in [1.807, 2.05) is 0 Å². The van der Waals surface area contributed by atoms with Crippen LogP contribution in [0, 0.1) is 0 Å². The summed E-state index contributed by atoms with van der Waals surface area (Å²) in [4.78, 5) is 43.9. The van der Waals surface area contributed by atoms with Gasteiger partial charge in [-0.3, -0.25) is 19.2 Å². The molecule has 0 unspecified atom stereocenters. The molecule has 0 rings (SSSR count). The molecule has 0 aromatic rings. The molecule has 9 heteroatoms. The molecule has 18 heavy (non-hydrogen) atoms. The highest BCUT2D eigenvalue weighted by Crippen LogP contribution is 1.73. The molecular weight excluding hydrogens is 260 g/mol. The molecule has 0 aliphatic rings. The van der Waals surface area contributed by atoms with Gasteiger partial charge in [0, 0.05) is 7.05 Å². The second kappa shape index (κ2) is 9.28. The minimum Gasteiger partial charge on any atom is -0.358 e. The van der Waals surface area contributed by atoms with Crippen molar-refractivity contribution in [3.8, 4) is 0 Å². The van der Waals surface area contributed by atoms with Gasteiger partial charge in [0.25, 0.3) is 0 Å². The molecule has 4 N–H and O–H groups in total. The van der Waals surface area contributed by atoms with E-state index >= 15 is 0 Å². The third kappa shape index (κ3) is 8.39. The van der Waals surface area contributed by atoms with Crippen LogP contribution in [0.5, 0.6) is 0 Å². The van der Waals surface area contributed by atoms with Crippen LogP contribution in [-0.4, -0.2) is 56.1 Å². The first-order valence-corrected chi connectivity index (χ1v) is 5.74. The van der Waals surface area contributed by atoms with Gasteiger partial charge in [-0.2, -0.15) is 12.6 Å². The van der Waals surface area contributed by atoms with Gasteiger partial charge in [0.1, 0.15) is 0 Å². The van der Waals surface area contributed by atoms with Crippen molar-refractivity contribution >= 4 is 36.3 Å². The maximum Gasteiger partial charge on any atom is 0.239 e. The molecule has 0 radical (unpaired) electrons. The van der Waals surface area contributed by atoms with Crippen molar-refractivity contribution in [1.29, 1.82) is 0 Å². The van der Waals surface area contributed by atoms with Gasteiger partial charge in [-0.25, -0.2) is 0 Å². The van der Waals surface area contributed by atoms with Crippen LogP contribution < -0.4 is 21.3 Å². The Kier molecular flexibility index (Phi) is 8.37. The van der Waals surface area contributed by atoms with Gasteiger partial charge in [0.05, 0.1) is 25.4 Å². The third-order valence-electron chi connectivity index (χ3n) is 1.76. The van der Waals surface area contributed by atoms with E-state index in [1.54, 1.807) is 0 Å². The summed E-state index contributed by atoms with van der Waals surface area (Å²) in [6.07, 6.45) is 0. The summed E-state index contributed by atoms with van der Waals surface area (Å²) in [7, 11) is 1.44.